The normalized spacial score (nSPS) is 12.0. The van der Waals surface area contributed by atoms with E-state index in [0.29, 0.717) is 28.8 Å². The van der Waals surface area contributed by atoms with Gasteiger partial charge in [0.05, 0.1) is 15.8 Å². The van der Waals surface area contributed by atoms with E-state index in [1.807, 2.05) is 32.9 Å². The minimum absolute atomic E-state index is 0.000765. The van der Waals surface area contributed by atoms with Crippen LogP contribution in [0.4, 0.5) is 0 Å². The van der Waals surface area contributed by atoms with Gasteiger partial charge in [-0.15, -0.1) is 11.8 Å². The number of thioether (sulfide) groups is 1. The standard InChI is InChI=1S/C24H30Cl2N2O2S/c1-5-22(24(30)27-16(2)3)28(13-18-9-10-20(25)21(26)12-18)23(29)15-31-14-19-8-6-7-17(4)11-19/h6-12,16,22H,5,13-15H2,1-4H3,(H,27,30)/t22-/m1/s1. The molecule has 1 atom stereocenters. The van der Waals surface area contributed by atoms with E-state index in [4.69, 9.17) is 23.2 Å². The fourth-order valence-electron chi connectivity index (χ4n) is 3.28. The molecule has 2 aromatic rings. The van der Waals surface area contributed by atoms with Crippen LogP contribution < -0.4 is 5.32 Å². The number of hydrogen-bond acceptors (Lipinski definition) is 3. The molecule has 7 heteroatoms. The van der Waals surface area contributed by atoms with E-state index >= 15 is 0 Å². The second-order valence-electron chi connectivity index (χ2n) is 7.84. The number of halogens is 2. The molecular weight excluding hydrogens is 451 g/mol. The van der Waals surface area contributed by atoms with Crippen LogP contribution in [0.15, 0.2) is 42.5 Å². The van der Waals surface area contributed by atoms with Gasteiger partial charge in [-0.25, -0.2) is 0 Å². The number of carbonyl (C=O) groups is 2. The summed E-state index contributed by atoms with van der Waals surface area (Å²) in [7, 11) is 0. The van der Waals surface area contributed by atoms with Gasteiger partial charge in [0.1, 0.15) is 6.04 Å². The molecule has 0 bridgehead atoms. The number of carbonyl (C=O) groups excluding carboxylic acids is 2. The van der Waals surface area contributed by atoms with Crippen LogP contribution in [0.5, 0.6) is 0 Å². The Hall–Kier alpha value is -1.69. The lowest BCUT2D eigenvalue weighted by molar-refractivity contribution is -0.139. The van der Waals surface area contributed by atoms with E-state index in [0.717, 1.165) is 11.3 Å². The van der Waals surface area contributed by atoms with Gasteiger partial charge >= 0.3 is 0 Å². The zero-order chi connectivity index (χ0) is 23.0. The summed E-state index contributed by atoms with van der Waals surface area (Å²) < 4.78 is 0. The molecule has 0 saturated carbocycles. The average Bonchev–Trinajstić information content (AvgIpc) is 2.70. The zero-order valence-electron chi connectivity index (χ0n) is 18.5. The van der Waals surface area contributed by atoms with Crippen LogP contribution in [0, 0.1) is 6.92 Å². The Bertz CT molecular complexity index is 905. The van der Waals surface area contributed by atoms with Crippen molar-refractivity contribution in [3.05, 3.63) is 69.2 Å². The van der Waals surface area contributed by atoms with Gasteiger partial charge in [0.2, 0.25) is 11.8 Å². The minimum atomic E-state index is -0.552. The second-order valence-corrected chi connectivity index (χ2v) is 9.64. The molecule has 0 aliphatic heterocycles. The number of hydrogen-bond donors (Lipinski definition) is 1. The maximum atomic E-state index is 13.2. The largest absolute Gasteiger partial charge is 0.352 e. The number of benzene rings is 2. The summed E-state index contributed by atoms with van der Waals surface area (Å²) in [6.45, 7) is 8.09. The first kappa shape index (κ1) is 25.6. The van der Waals surface area contributed by atoms with Crippen molar-refractivity contribution in [1.29, 1.82) is 0 Å². The van der Waals surface area contributed by atoms with Gasteiger partial charge in [0, 0.05) is 18.3 Å². The fraction of sp³-hybridized carbons (Fsp3) is 0.417. The molecule has 0 aliphatic rings. The molecule has 2 aromatic carbocycles. The van der Waals surface area contributed by atoms with E-state index in [-0.39, 0.29) is 17.9 Å². The Balaban J connectivity index is 2.16. The Morgan fingerprint density at radius 2 is 1.81 bits per heavy atom. The summed E-state index contributed by atoms with van der Waals surface area (Å²) in [5, 5.41) is 3.83. The predicted molar refractivity (Wildman–Crippen MR) is 132 cm³/mol. The van der Waals surface area contributed by atoms with Crippen LogP contribution >= 0.6 is 35.0 Å². The van der Waals surface area contributed by atoms with E-state index in [9.17, 15) is 9.59 Å². The van der Waals surface area contributed by atoms with Crippen molar-refractivity contribution >= 4 is 46.8 Å². The Labute approximate surface area is 199 Å². The number of aryl methyl sites for hydroxylation is 1. The van der Waals surface area contributed by atoms with Crippen molar-refractivity contribution in [2.75, 3.05) is 5.75 Å². The molecule has 31 heavy (non-hydrogen) atoms. The number of nitrogens with zero attached hydrogens (tertiary/aromatic N) is 1. The predicted octanol–water partition coefficient (Wildman–Crippen LogP) is 5.87. The van der Waals surface area contributed by atoms with Crippen LogP contribution in [0.3, 0.4) is 0 Å². The third kappa shape index (κ3) is 8.06. The lowest BCUT2D eigenvalue weighted by atomic mass is 10.1. The highest BCUT2D eigenvalue weighted by atomic mass is 35.5. The lowest BCUT2D eigenvalue weighted by Gasteiger charge is -2.31. The molecule has 1 N–H and O–H groups in total. The lowest BCUT2D eigenvalue weighted by Crippen LogP contribution is -2.50. The molecule has 0 spiro atoms. The summed E-state index contributed by atoms with van der Waals surface area (Å²) in [6, 6.07) is 13.0. The molecule has 0 aromatic heterocycles. The van der Waals surface area contributed by atoms with Gasteiger partial charge in [0.15, 0.2) is 0 Å². The molecule has 0 heterocycles. The highest BCUT2D eigenvalue weighted by Gasteiger charge is 2.29. The van der Waals surface area contributed by atoms with Gasteiger partial charge < -0.3 is 10.2 Å². The summed E-state index contributed by atoms with van der Waals surface area (Å²) in [5.41, 5.74) is 3.21. The highest BCUT2D eigenvalue weighted by Crippen LogP contribution is 2.24. The Morgan fingerprint density at radius 3 is 2.42 bits per heavy atom. The third-order valence-electron chi connectivity index (χ3n) is 4.73. The van der Waals surface area contributed by atoms with Gasteiger partial charge in [-0.2, -0.15) is 0 Å². The highest BCUT2D eigenvalue weighted by molar-refractivity contribution is 7.99. The maximum Gasteiger partial charge on any atom is 0.243 e. The van der Waals surface area contributed by atoms with Crippen molar-refractivity contribution in [2.45, 2.75) is 58.5 Å². The summed E-state index contributed by atoms with van der Waals surface area (Å²) in [6.07, 6.45) is 0.522. The second kappa shape index (κ2) is 12.4. The van der Waals surface area contributed by atoms with E-state index in [2.05, 4.69) is 30.4 Å². The van der Waals surface area contributed by atoms with Gasteiger partial charge in [-0.3, -0.25) is 9.59 Å². The molecule has 0 radical (unpaired) electrons. The summed E-state index contributed by atoms with van der Waals surface area (Å²) >= 11 is 13.8. The molecule has 0 fully saturated rings. The molecule has 4 nitrogen and oxygen atoms in total. The third-order valence-corrected chi connectivity index (χ3v) is 6.46. The Kier molecular flexibility index (Phi) is 10.2. The van der Waals surface area contributed by atoms with Crippen LogP contribution in [-0.4, -0.2) is 34.6 Å². The molecular formula is C24H30Cl2N2O2S. The number of amides is 2. The van der Waals surface area contributed by atoms with Crippen LogP contribution in [0.25, 0.3) is 0 Å². The van der Waals surface area contributed by atoms with Crippen LogP contribution in [0.1, 0.15) is 43.9 Å². The number of rotatable bonds is 10. The zero-order valence-corrected chi connectivity index (χ0v) is 20.8. The molecule has 2 rings (SSSR count). The smallest absolute Gasteiger partial charge is 0.243 e. The quantitative estimate of drug-likeness (QED) is 0.462. The summed E-state index contributed by atoms with van der Waals surface area (Å²) in [5.74, 6) is 0.813. The first-order valence-corrected chi connectivity index (χ1v) is 12.3. The van der Waals surface area contributed by atoms with E-state index < -0.39 is 6.04 Å². The molecule has 168 valence electrons. The average molecular weight is 481 g/mol. The topological polar surface area (TPSA) is 49.4 Å². The van der Waals surface area contributed by atoms with E-state index in [1.165, 1.54) is 11.1 Å². The molecule has 2 amide bonds. The summed E-state index contributed by atoms with van der Waals surface area (Å²) in [4.78, 5) is 27.7. The maximum absolute atomic E-state index is 13.2. The van der Waals surface area contributed by atoms with E-state index in [1.54, 1.807) is 28.8 Å². The van der Waals surface area contributed by atoms with Crippen molar-refractivity contribution < 1.29 is 9.59 Å². The molecule has 0 unspecified atom stereocenters. The monoisotopic (exact) mass is 480 g/mol. The Morgan fingerprint density at radius 1 is 1.06 bits per heavy atom. The molecule has 0 saturated heterocycles. The minimum Gasteiger partial charge on any atom is -0.352 e. The van der Waals surface area contributed by atoms with Gasteiger partial charge in [0.25, 0.3) is 0 Å². The van der Waals surface area contributed by atoms with Gasteiger partial charge in [-0.1, -0.05) is 66.0 Å². The molecule has 0 aliphatic carbocycles. The fourth-order valence-corrected chi connectivity index (χ4v) is 4.45. The van der Waals surface area contributed by atoms with Crippen molar-refractivity contribution in [3.63, 3.8) is 0 Å². The van der Waals surface area contributed by atoms with Crippen LogP contribution in [0.2, 0.25) is 10.0 Å². The van der Waals surface area contributed by atoms with Crippen molar-refractivity contribution in [3.8, 4) is 0 Å². The first-order chi connectivity index (χ1) is 14.7. The first-order valence-electron chi connectivity index (χ1n) is 10.4. The van der Waals surface area contributed by atoms with Gasteiger partial charge in [-0.05, 0) is 50.5 Å². The van der Waals surface area contributed by atoms with Crippen molar-refractivity contribution in [1.82, 2.24) is 10.2 Å². The SMILES string of the molecule is CC[C@H](C(=O)NC(C)C)N(Cc1ccc(Cl)c(Cl)c1)C(=O)CSCc1cccc(C)c1. The van der Waals surface area contributed by atoms with Crippen LogP contribution in [-0.2, 0) is 21.9 Å². The van der Waals surface area contributed by atoms with Crippen molar-refractivity contribution in [2.24, 2.45) is 0 Å². The number of nitrogens with one attached hydrogen (secondary N) is 1.